The van der Waals surface area contributed by atoms with Crippen molar-refractivity contribution in [3.05, 3.63) is 59.4 Å². The molecular weight excluding hydrogens is 314 g/mol. The first-order valence-corrected chi connectivity index (χ1v) is 8.85. The third kappa shape index (κ3) is 3.14. The van der Waals surface area contributed by atoms with Crippen molar-refractivity contribution in [1.29, 1.82) is 0 Å². The molecular formula is C20H21N3O2. The van der Waals surface area contributed by atoms with Crippen LogP contribution in [0.25, 0.3) is 0 Å². The van der Waals surface area contributed by atoms with Crippen LogP contribution in [-0.4, -0.2) is 34.8 Å². The van der Waals surface area contributed by atoms with Gasteiger partial charge >= 0.3 is 0 Å². The number of aromatic nitrogens is 1. The van der Waals surface area contributed by atoms with E-state index in [-0.39, 0.29) is 11.8 Å². The fourth-order valence-corrected chi connectivity index (χ4v) is 3.60. The number of nitrogens with zero attached hydrogens (tertiary/aromatic N) is 3. The van der Waals surface area contributed by atoms with E-state index >= 15 is 0 Å². The quantitative estimate of drug-likeness (QED) is 0.867. The summed E-state index contributed by atoms with van der Waals surface area (Å²) in [7, 11) is 0. The summed E-state index contributed by atoms with van der Waals surface area (Å²) in [5, 5.41) is 0. The summed E-state index contributed by atoms with van der Waals surface area (Å²) in [5.74, 6) is 0.232. The highest BCUT2D eigenvalue weighted by Gasteiger charge is 2.24. The molecule has 0 unspecified atom stereocenters. The van der Waals surface area contributed by atoms with Gasteiger partial charge in [-0.05, 0) is 49.1 Å². The van der Waals surface area contributed by atoms with Gasteiger partial charge in [0.25, 0.3) is 5.91 Å². The van der Waals surface area contributed by atoms with Gasteiger partial charge in [0, 0.05) is 37.8 Å². The lowest BCUT2D eigenvalue weighted by molar-refractivity contribution is -0.128. The number of carbonyl (C=O) groups is 2. The van der Waals surface area contributed by atoms with Crippen LogP contribution in [-0.2, 0) is 17.8 Å². The molecule has 128 valence electrons. The Bertz CT molecular complexity index is 801. The van der Waals surface area contributed by atoms with Crippen molar-refractivity contribution in [2.24, 2.45) is 0 Å². The molecule has 0 N–H and O–H groups in total. The van der Waals surface area contributed by atoms with Crippen LogP contribution in [0, 0.1) is 0 Å². The van der Waals surface area contributed by atoms with Crippen LogP contribution in [0.1, 0.15) is 40.9 Å². The number of pyridine rings is 1. The maximum atomic E-state index is 12.9. The van der Waals surface area contributed by atoms with Crippen LogP contribution in [0.3, 0.4) is 0 Å². The fraction of sp³-hybridized carbons (Fsp3) is 0.350. The van der Waals surface area contributed by atoms with Crippen molar-refractivity contribution >= 4 is 17.5 Å². The van der Waals surface area contributed by atoms with Crippen molar-refractivity contribution in [2.75, 3.05) is 18.0 Å². The van der Waals surface area contributed by atoms with Crippen LogP contribution in [0.5, 0.6) is 0 Å². The van der Waals surface area contributed by atoms with E-state index in [1.54, 1.807) is 6.20 Å². The number of fused-ring (bicyclic) bond motifs is 1. The fourth-order valence-electron chi connectivity index (χ4n) is 3.60. The Morgan fingerprint density at radius 3 is 2.60 bits per heavy atom. The highest BCUT2D eigenvalue weighted by Crippen LogP contribution is 2.26. The van der Waals surface area contributed by atoms with E-state index in [1.807, 2.05) is 46.2 Å². The Kier molecular flexibility index (Phi) is 4.22. The maximum Gasteiger partial charge on any atom is 0.258 e. The van der Waals surface area contributed by atoms with Crippen LogP contribution in [0.15, 0.2) is 42.6 Å². The number of carbonyl (C=O) groups excluding carboxylic acids is 2. The minimum atomic E-state index is 0.0118. The van der Waals surface area contributed by atoms with Crippen molar-refractivity contribution < 1.29 is 9.59 Å². The molecule has 0 bridgehead atoms. The normalized spacial score (nSPS) is 16.9. The van der Waals surface area contributed by atoms with E-state index in [0.717, 1.165) is 49.3 Å². The lowest BCUT2D eigenvalue weighted by atomic mass is 10.0. The Morgan fingerprint density at radius 1 is 1.04 bits per heavy atom. The SMILES string of the molecule is O=C1CCCN1Cc1ccc(C(=O)N2CCCc3ncccc32)cc1. The van der Waals surface area contributed by atoms with E-state index in [4.69, 9.17) is 0 Å². The molecule has 0 aliphatic carbocycles. The van der Waals surface area contributed by atoms with Crippen molar-refractivity contribution in [1.82, 2.24) is 9.88 Å². The zero-order valence-electron chi connectivity index (χ0n) is 14.1. The highest BCUT2D eigenvalue weighted by molar-refractivity contribution is 6.06. The number of benzene rings is 1. The van der Waals surface area contributed by atoms with E-state index in [2.05, 4.69) is 4.98 Å². The summed E-state index contributed by atoms with van der Waals surface area (Å²) in [5.41, 5.74) is 3.65. The Hall–Kier alpha value is -2.69. The first-order chi connectivity index (χ1) is 12.2. The molecule has 2 aliphatic heterocycles. The molecule has 3 heterocycles. The van der Waals surface area contributed by atoms with Gasteiger partial charge in [-0.1, -0.05) is 12.1 Å². The molecule has 2 aromatic rings. The number of rotatable bonds is 3. The number of amides is 2. The third-order valence-corrected chi connectivity index (χ3v) is 4.94. The standard InChI is InChI=1S/C20H21N3O2/c24-19-6-3-12-22(19)14-15-7-9-16(10-8-15)20(25)23-13-2-4-17-18(23)5-1-11-21-17/h1,5,7-11H,2-4,6,12-14H2. The van der Waals surface area contributed by atoms with Crippen LogP contribution in [0.4, 0.5) is 5.69 Å². The van der Waals surface area contributed by atoms with Gasteiger partial charge in [0.05, 0.1) is 11.4 Å². The Balaban J connectivity index is 1.51. The molecule has 1 fully saturated rings. The second-order valence-electron chi connectivity index (χ2n) is 6.65. The molecule has 5 nitrogen and oxygen atoms in total. The molecule has 5 heteroatoms. The summed E-state index contributed by atoms with van der Waals surface area (Å²) in [6.45, 7) is 2.18. The number of aryl methyl sites for hydroxylation is 1. The minimum Gasteiger partial charge on any atom is -0.338 e. The van der Waals surface area contributed by atoms with Gasteiger partial charge in [-0.3, -0.25) is 14.6 Å². The molecule has 4 rings (SSSR count). The Morgan fingerprint density at radius 2 is 1.84 bits per heavy atom. The smallest absolute Gasteiger partial charge is 0.258 e. The first kappa shape index (κ1) is 15.8. The van der Waals surface area contributed by atoms with Gasteiger partial charge in [-0.2, -0.15) is 0 Å². The largest absolute Gasteiger partial charge is 0.338 e. The number of hydrogen-bond acceptors (Lipinski definition) is 3. The van der Waals surface area contributed by atoms with E-state index < -0.39 is 0 Å². The first-order valence-electron chi connectivity index (χ1n) is 8.85. The molecule has 0 spiro atoms. The Labute approximate surface area is 147 Å². The van der Waals surface area contributed by atoms with Gasteiger partial charge in [0.2, 0.25) is 5.91 Å². The van der Waals surface area contributed by atoms with E-state index in [9.17, 15) is 9.59 Å². The summed E-state index contributed by atoms with van der Waals surface area (Å²) in [6, 6.07) is 11.5. The predicted molar refractivity (Wildman–Crippen MR) is 95.3 cm³/mol. The van der Waals surface area contributed by atoms with Crippen LogP contribution in [0.2, 0.25) is 0 Å². The van der Waals surface area contributed by atoms with Crippen molar-refractivity contribution in [2.45, 2.75) is 32.2 Å². The molecule has 0 saturated carbocycles. The molecule has 1 aromatic carbocycles. The average molecular weight is 335 g/mol. The second-order valence-corrected chi connectivity index (χ2v) is 6.65. The van der Waals surface area contributed by atoms with Gasteiger partial charge in [0.15, 0.2) is 0 Å². The monoisotopic (exact) mass is 335 g/mol. The lowest BCUT2D eigenvalue weighted by Gasteiger charge is -2.28. The third-order valence-electron chi connectivity index (χ3n) is 4.94. The molecule has 2 amide bonds. The van der Waals surface area contributed by atoms with E-state index in [0.29, 0.717) is 18.5 Å². The number of hydrogen-bond donors (Lipinski definition) is 0. The van der Waals surface area contributed by atoms with E-state index in [1.165, 1.54) is 0 Å². The second kappa shape index (κ2) is 6.67. The van der Waals surface area contributed by atoms with Gasteiger partial charge in [-0.15, -0.1) is 0 Å². The summed E-state index contributed by atoms with van der Waals surface area (Å²) in [6.07, 6.45) is 5.23. The molecule has 25 heavy (non-hydrogen) atoms. The molecule has 1 saturated heterocycles. The zero-order chi connectivity index (χ0) is 17.2. The van der Waals surface area contributed by atoms with Crippen molar-refractivity contribution in [3.63, 3.8) is 0 Å². The zero-order valence-corrected chi connectivity index (χ0v) is 14.1. The average Bonchev–Trinajstić information content (AvgIpc) is 3.06. The molecule has 2 aliphatic rings. The topological polar surface area (TPSA) is 53.5 Å². The molecule has 0 radical (unpaired) electrons. The number of anilines is 1. The van der Waals surface area contributed by atoms with Crippen molar-refractivity contribution in [3.8, 4) is 0 Å². The molecule has 0 atom stereocenters. The number of likely N-dealkylation sites (tertiary alicyclic amines) is 1. The summed E-state index contributed by atoms with van der Waals surface area (Å²) < 4.78 is 0. The van der Waals surface area contributed by atoms with Gasteiger partial charge in [0.1, 0.15) is 0 Å². The van der Waals surface area contributed by atoms with Crippen LogP contribution < -0.4 is 4.90 Å². The van der Waals surface area contributed by atoms with Gasteiger partial charge in [-0.25, -0.2) is 0 Å². The van der Waals surface area contributed by atoms with Gasteiger partial charge < -0.3 is 9.80 Å². The predicted octanol–water partition coefficient (Wildman–Crippen LogP) is 2.80. The highest BCUT2D eigenvalue weighted by atomic mass is 16.2. The van der Waals surface area contributed by atoms with Crippen LogP contribution >= 0.6 is 0 Å². The minimum absolute atomic E-state index is 0.0118. The maximum absolute atomic E-state index is 12.9. The lowest BCUT2D eigenvalue weighted by Crippen LogP contribution is -2.35. The summed E-state index contributed by atoms with van der Waals surface area (Å²) in [4.78, 5) is 32.7. The molecule has 1 aromatic heterocycles. The summed E-state index contributed by atoms with van der Waals surface area (Å²) >= 11 is 0.